The summed E-state index contributed by atoms with van der Waals surface area (Å²) in [6.45, 7) is 0. The van der Waals surface area contributed by atoms with Crippen molar-refractivity contribution in [2.24, 2.45) is 0 Å². The molecule has 4 nitrogen and oxygen atoms in total. The average Bonchev–Trinajstić information content (AvgIpc) is 3.56. The van der Waals surface area contributed by atoms with Gasteiger partial charge in [0.15, 0.2) is 0 Å². The molecule has 3 aromatic heterocycles. The third-order valence-corrected chi connectivity index (χ3v) is 8.89. The minimum atomic E-state index is -3.36. The van der Waals surface area contributed by atoms with Crippen molar-refractivity contribution < 1.29 is 28.1 Å². The second-order valence-corrected chi connectivity index (χ2v) is 11.5. The predicted molar refractivity (Wildman–Crippen MR) is 165 cm³/mol. The van der Waals surface area contributed by atoms with Gasteiger partial charge >= 0.3 is 233 Å². The van der Waals surface area contributed by atoms with E-state index >= 15 is 8.78 Å². The van der Waals surface area contributed by atoms with Crippen LogP contribution in [0.2, 0.25) is 0 Å². The number of rotatable bonds is 5. The zero-order valence-electron chi connectivity index (χ0n) is 23.1. The molecule has 0 aliphatic carbocycles. The van der Waals surface area contributed by atoms with Crippen LogP contribution in [0.15, 0.2) is 134 Å². The molecule has 0 amide bonds. The first-order valence-electron chi connectivity index (χ1n) is 14.0. The Labute approximate surface area is 262 Å². The topological polar surface area (TPSA) is 27.7 Å². The molecule has 0 unspecified atom stereocenters. The number of para-hydroxylation sites is 4. The van der Waals surface area contributed by atoms with Gasteiger partial charge in [-0.05, 0) is 6.07 Å². The first-order chi connectivity index (χ1) is 21.5. The van der Waals surface area contributed by atoms with Crippen molar-refractivity contribution in [3.05, 3.63) is 161 Å². The third kappa shape index (κ3) is 4.13. The van der Waals surface area contributed by atoms with Gasteiger partial charge in [0.1, 0.15) is 0 Å². The molecule has 0 radical (unpaired) electrons. The third-order valence-electron chi connectivity index (χ3n) is 7.88. The number of nitrogens with zero attached hydrogens (tertiary/aromatic N) is 4. The molecule has 7 heteroatoms. The van der Waals surface area contributed by atoms with Gasteiger partial charge in [0.05, 0.1) is 0 Å². The van der Waals surface area contributed by atoms with Gasteiger partial charge in [0.2, 0.25) is 0 Å². The smallest absolute Gasteiger partial charge is 0.0570 e. The van der Waals surface area contributed by atoms with E-state index in [1.54, 1.807) is 18.3 Å². The Morgan fingerprint density at radius 2 is 1.25 bits per heavy atom. The number of alkyl halides is 2. The first-order valence-corrected chi connectivity index (χ1v) is 15.2. The predicted octanol–water partition coefficient (Wildman–Crippen LogP) is 8.73. The quantitative estimate of drug-likeness (QED) is 0.162. The van der Waals surface area contributed by atoms with E-state index in [9.17, 15) is 0 Å². The van der Waals surface area contributed by atoms with Gasteiger partial charge in [0.25, 0.3) is 0 Å². The fraction of sp³-hybridized carbons (Fsp3) is 0.0270. The number of imidazole rings is 1. The molecule has 3 heterocycles. The Balaban J connectivity index is 1.29. The van der Waals surface area contributed by atoms with Crippen LogP contribution in [0.25, 0.3) is 50.0 Å². The molecule has 44 heavy (non-hydrogen) atoms. The molecule has 5 aromatic carbocycles. The molecule has 0 aliphatic rings. The van der Waals surface area contributed by atoms with E-state index in [-0.39, 0.29) is 11.1 Å². The molecule has 0 bridgehead atoms. The normalized spacial score (nSPS) is 12.0. The van der Waals surface area contributed by atoms with Crippen molar-refractivity contribution in [3.8, 4) is 17.2 Å². The summed E-state index contributed by atoms with van der Waals surface area (Å²) in [5.74, 6) is -2.72. The minimum absolute atomic E-state index is 0.230. The number of hydrogen-bond donors (Lipinski definition) is 0. The van der Waals surface area contributed by atoms with E-state index in [1.165, 1.54) is 12.1 Å². The van der Waals surface area contributed by atoms with Crippen LogP contribution in [0, 0.1) is 15.9 Å². The summed E-state index contributed by atoms with van der Waals surface area (Å²) in [4.78, 5) is 4.52. The standard InChI is InChI=1S/C37H22F2N4.Pt/c38-37(39,27-20-21-31-30-15-4-5-16-32(30)43(35(31)24-27)36-19-8-9-22-40-36)26-11-10-14-29(23-26)42-25-41(28-12-2-1-3-13-28)33-17-6-7-18-34(33)42;/h1-22H;/q-2;. The van der Waals surface area contributed by atoms with E-state index in [0.29, 0.717) is 17.0 Å². The van der Waals surface area contributed by atoms with Crippen molar-refractivity contribution in [2.45, 2.75) is 5.92 Å². The van der Waals surface area contributed by atoms with E-state index in [1.807, 2.05) is 112 Å². The minimum Gasteiger partial charge on any atom is -0.0570 e. The zero-order chi connectivity index (χ0) is 29.8. The monoisotopic (exact) mass is 755 g/mol. The summed E-state index contributed by atoms with van der Waals surface area (Å²) < 4.78 is 39.8. The number of halogens is 2. The van der Waals surface area contributed by atoms with Gasteiger partial charge in [-0.2, -0.15) is 0 Å². The Morgan fingerprint density at radius 1 is 0.568 bits per heavy atom. The summed E-state index contributed by atoms with van der Waals surface area (Å²) in [6.07, 6.45) is 1.70. The summed E-state index contributed by atoms with van der Waals surface area (Å²) in [5, 5.41) is 1.79. The maximum absolute atomic E-state index is 16.5. The molecule has 0 spiro atoms. The maximum atomic E-state index is 16.5. The van der Waals surface area contributed by atoms with Gasteiger partial charge in [-0.15, -0.1) is 0 Å². The molecular formula is C37H22F2N4Pt-2. The number of aromatic nitrogens is 4. The second kappa shape index (κ2) is 10.4. The Bertz CT molecular complexity index is 2390. The summed E-state index contributed by atoms with van der Waals surface area (Å²) in [6, 6.07) is 45.7. The molecule has 0 fully saturated rings. The van der Waals surface area contributed by atoms with E-state index in [0.717, 1.165) is 36.8 Å². The van der Waals surface area contributed by atoms with E-state index in [2.05, 4.69) is 41.0 Å². The summed E-state index contributed by atoms with van der Waals surface area (Å²) >= 11 is 2.25. The second-order valence-electron chi connectivity index (χ2n) is 10.4. The van der Waals surface area contributed by atoms with E-state index < -0.39 is 5.92 Å². The summed E-state index contributed by atoms with van der Waals surface area (Å²) in [5.41, 5.74) is 4.35. The molecule has 0 atom stereocenters. The SMILES string of the molecule is FC(F)(c1[c-]c(-n2[c](=[Pt])n(-c3ccccc3)c3ccccc32)ccc1)c1[c-]c2c(cc1)c1ccccc1n2-c1ccccn1. The van der Waals surface area contributed by atoms with Crippen molar-refractivity contribution >= 4 is 32.8 Å². The molecular weight excluding hydrogens is 734 g/mol. The van der Waals surface area contributed by atoms with Crippen LogP contribution in [0.1, 0.15) is 11.1 Å². The van der Waals surface area contributed by atoms with E-state index in [4.69, 9.17) is 0 Å². The van der Waals surface area contributed by atoms with Gasteiger partial charge in [-0.3, -0.25) is 0 Å². The molecule has 0 N–H and O–H groups in total. The van der Waals surface area contributed by atoms with Gasteiger partial charge < -0.3 is 0 Å². The van der Waals surface area contributed by atoms with Gasteiger partial charge in [0, 0.05) is 6.20 Å². The van der Waals surface area contributed by atoms with Gasteiger partial charge in [-0.25, -0.2) is 0 Å². The van der Waals surface area contributed by atoms with Crippen molar-refractivity contribution in [1.29, 1.82) is 0 Å². The zero-order valence-corrected chi connectivity index (χ0v) is 25.3. The molecule has 0 saturated carbocycles. The number of fused-ring (bicyclic) bond motifs is 4. The molecule has 216 valence electrons. The fourth-order valence-electron chi connectivity index (χ4n) is 5.88. The van der Waals surface area contributed by atoms with Crippen LogP contribution < -0.4 is 0 Å². The Kier molecular flexibility index (Phi) is 6.28. The molecule has 8 aromatic rings. The van der Waals surface area contributed by atoms with Crippen LogP contribution in [-0.2, 0) is 25.3 Å². The Morgan fingerprint density at radius 3 is 2.02 bits per heavy atom. The number of benzene rings is 5. The van der Waals surface area contributed by atoms with Crippen molar-refractivity contribution in [1.82, 2.24) is 18.7 Å². The fourth-order valence-corrected chi connectivity index (χ4v) is 6.99. The van der Waals surface area contributed by atoms with Crippen molar-refractivity contribution in [2.75, 3.05) is 0 Å². The molecule has 0 saturated heterocycles. The number of pyridine rings is 1. The van der Waals surface area contributed by atoms with Crippen LogP contribution in [0.5, 0.6) is 0 Å². The van der Waals surface area contributed by atoms with Crippen LogP contribution in [0.4, 0.5) is 8.78 Å². The first kappa shape index (κ1) is 26.7. The molecule has 0 aliphatic heterocycles. The molecule has 8 rings (SSSR count). The van der Waals surface area contributed by atoms with Crippen LogP contribution in [-0.4, -0.2) is 18.7 Å². The van der Waals surface area contributed by atoms with Crippen LogP contribution >= 0.6 is 0 Å². The summed E-state index contributed by atoms with van der Waals surface area (Å²) in [7, 11) is 0. The number of hydrogen-bond acceptors (Lipinski definition) is 1. The van der Waals surface area contributed by atoms with Crippen LogP contribution in [0.3, 0.4) is 0 Å². The average molecular weight is 756 g/mol. The Hall–Kier alpha value is -4.93. The van der Waals surface area contributed by atoms with Gasteiger partial charge in [-0.1, -0.05) is 18.2 Å². The van der Waals surface area contributed by atoms with Crippen molar-refractivity contribution in [3.63, 3.8) is 0 Å².